The van der Waals surface area contributed by atoms with Crippen LogP contribution in [-0.2, 0) is 14.3 Å². The fourth-order valence-corrected chi connectivity index (χ4v) is 3.86. The van der Waals surface area contributed by atoms with E-state index >= 15 is 0 Å². The average Bonchev–Trinajstić information content (AvgIpc) is 3.02. The number of Topliss-reactive ketones (excluding diaryl/α,β-unsaturated/α-hetero) is 1. The number of carbonyl (C=O) groups is 1. The summed E-state index contributed by atoms with van der Waals surface area (Å²) < 4.78 is 30.4. The van der Waals surface area contributed by atoms with Crippen molar-refractivity contribution in [3.63, 3.8) is 0 Å². The van der Waals surface area contributed by atoms with Gasteiger partial charge in [-0.25, -0.2) is 0 Å². The van der Waals surface area contributed by atoms with E-state index in [0.717, 1.165) is 5.56 Å². The number of hydrogen-bond acceptors (Lipinski definition) is 5. The lowest BCUT2D eigenvalue weighted by Crippen LogP contribution is -2.45. The van der Waals surface area contributed by atoms with E-state index in [4.69, 9.17) is 4.18 Å². The molecule has 0 saturated heterocycles. The Morgan fingerprint density at radius 1 is 1.07 bits per heavy atom. The minimum atomic E-state index is -4.15. The number of ketones is 1. The minimum Gasteiger partial charge on any atom is -0.375 e. The first-order valence-corrected chi connectivity index (χ1v) is 10.6. The molecule has 0 fully saturated rings. The van der Waals surface area contributed by atoms with Gasteiger partial charge < -0.3 is 5.11 Å². The predicted octanol–water partition coefficient (Wildman–Crippen LogP) is 3.76. The molecule has 1 unspecified atom stereocenters. The van der Waals surface area contributed by atoms with Crippen LogP contribution < -0.4 is 0 Å². The SMILES string of the molecule is Cc1ccc(S(=O)(=O)OCC(O)(C(=O)c2ccccc2)C2=CCC=CC=C2)cc1. The van der Waals surface area contributed by atoms with Gasteiger partial charge in [0, 0.05) is 5.56 Å². The molecule has 0 heterocycles. The molecule has 0 radical (unpaired) electrons. The third-order valence-corrected chi connectivity index (χ3v) is 5.90. The maximum Gasteiger partial charge on any atom is 0.297 e. The molecule has 5 nitrogen and oxygen atoms in total. The molecule has 29 heavy (non-hydrogen) atoms. The lowest BCUT2D eigenvalue weighted by molar-refractivity contribution is 0.0285. The highest BCUT2D eigenvalue weighted by molar-refractivity contribution is 7.86. The number of benzene rings is 2. The second-order valence-electron chi connectivity index (χ2n) is 6.77. The van der Waals surface area contributed by atoms with Crippen molar-refractivity contribution < 1.29 is 22.5 Å². The van der Waals surface area contributed by atoms with E-state index in [2.05, 4.69) is 0 Å². The van der Waals surface area contributed by atoms with E-state index in [-0.39, 0.29) is 16.0 Å². The number of allylic oxidation sites excluding steroid dienone is 4. The van der Waals surface area contributed by atoms with Crippen molar-refractivity contribution >= 4 is 15.9 Å². The van der Waals surface area contributed by atoms with Gasteiger partial charge in [-0.15, -0.1) is 0 Å². The van der Waals surface area contributed by atoms with Gasteiger partial charge in [-0.3, -0.25) is 8.98 Å². The van der Waals surface area contributed by atoms with Crippen LogP contribution in [0.2, 0.25) is 0 Å². The number of aliphatic hydroxyl groups is 1. The molecule has 1 N–H and O–H groups in total. The predicted molar refractivity (Wildman–Crippen MR) is 111 cm³/mol. The zero-order chi connectivity index (χ0) is 20.9. The third-order valence-electron chi connectivity index (χ3n) is 4.62. The minimum absolute atomic E-state index is 0.0373. The van der Waals surface area contributed by atoms with E-state index < -0.39 is 28.1 Å². The van der Waals surface area contributed by atoms with Crippen LogP contribution in [0, 0.1) is 6.92 Å². The van der Waals surface area contributed by atoms with Crippen LogP contribution in [0.3, 0.4) is 0 Å². The summed E-state index contributed by atoms with van der Waals surface area (Å²) in [5.41, 5.74) is -0.698. The summed E-state index contributed by atoms with van der Waals surface area (Å²) >= 11 is 0. The summed E-state index contributed by atoms with van der Waals surface area (Å²) in [7, 11) is -4.15. The smallest absolute Gasteiger partial charge is 0.297 e. The van der Waals surface area contributed by atoms with Crippen molar-refractivity contribution in [3.05, 3.63) is 102 Å². The first kappa shape index (κ1) is 20.9. The van der Waals surface area contributed by atoms with Gasteiger partial charge in [0.25, 0.3) is 10.1 Å². The maximum absolute atomic E-state index is 13.2. The van der Waals surface area contributed by atoms with Gasteiger partial charge >= 0.3 is 0 Å². The van der Waals surface area contributed by atoms with Crippen molar-refractivity contribution in [1.29, 1.82) is 0 Å². The summed E-state index contributed by atoms with van der Waals surface area (Å²) in [5.74, 6) is -0.630. The van der Waals surface area contributed by atoms with E-state index in [0.29, 0.717) is 6.42 Å². The number of aryl methyl sites for hydroxylation is 1. The Morgan fingerprint density at radius 2 is 1.76 bits per heavy atom. The molecule has 0 saturated carbocycles. The molecule has 2 aromatic carbocycles. The monoisotopic (exact) mass is 410 g/mol. The molecule has 0 spiro atoms. The maximum atomic E-state index is 13.2. The van der Waals surface area contributed by atoms with Crippen LogP contribution in [0.5, 0.6) is 0 Å². The van der Waals surface area contributed by atoms with Crippen LogP contribution in [0.1, 0.15) is 22.3 Å². The second-order valence-corrected chi connectivity index (χ2v) is 8.38. The molecule has 0 aliphatic heterocycles. The molecule has 1 aliphatic rings. The third kappa shape index (κ3) is 4.79. The van der Waals surface area contributed by atoms with E-state index in [1.165, 1.54) is 12.1 Å². The van der Waals surface area contributed by atoms with Crippen LogP contribution in [-0.4, -0.2) is 31.5 Å². The van der Waals surface area contributed by atoms with Crippen LogP contribution in [0.4, 0.5) is 0 Å². The Balaban J connectivity index is 1.94. The first-order valence-electron chi connectivity index (χ1n) is 9.15. The van der Waals surface area contributed by atoms with Gasteiger partial charge in [0.15, 0.2) is 5.60 Å². The number of rotatable bonds is 7. The average molecular weight is 410 g/mol. The molecule has 0 aromatic heterocycles. The van der Waals surface area contributed by atoms with Crippen molar-refractivity contribution in [1.82, 2.24) is 0 Å². The fraction of sp³-hybridized carbons (Fsp3) is 0.174. The molecule has 1 aliphatic carbocycles. The highest BCUT2D eigenvalue weighted by atomic mass is 32.2. The van der Waals surface area contributed by atoms with Crippen molar-refractivity contribution in [2.75, 3.05) is 6.61 Å². The Labute approximate surface area is 170 Å². The molecule has 3 rings (SSSR count). The molecular weight excluding hydrogens is 388 g/mol. The van der Waals surface area contributed by atoms with Crippen molar-refractivity contribution in [3.8, 4) is 0 Å². The first-order chi connectivity index (χ1) is 13.8. The molecule has 150 valence electrons. The standard InChI is InChI=1S/C23H22O5S/c1-18-13-15-21(16-14-18)29(26,27)28-17-23(25,20-11-7-2-3-8-12-20)22(24)19-9-5-4-6-10-19/h2-7,9-16,25H,8,17H2,1H3. The Morgan fingerprint density at radius 3 is 2.45 bits per heavy atom. The number of carbonyl (C=O) groups excluding carboxylic acids is 1. The van der Waals surface area contributed by atoms with Crippen molar-refractivity contribution in [2.45, 2.75) is 23.8 Å². The van der Waals surface area contributed by atoms with Gasteiger partial charge in [-0.1, -0.05) is 78.4 Å². The van der Waals surface area contributed by atoms with Crippen LogP contribution in [0.15, 0.2) is 95.4 Å². The zero-order valence-corrected chi connectivity index (χ0v) is 16.8. The quantitative estimate of drug-likeness (QED) is 0.555. The summed E-state index contributed by atoms with van der Waals surface area (Å²) in [5, 5.41) is 11.4. The van der Waals surface area contributed by atoms with Gasteiger partial charge in [-0.05, 0) is 31.1 Å². The number of hydrogen-bond donors (Lipinski definition) is 1. The lowest BCUT2D eigenvalue weighted by Gasteiger charge is -2.28. The normalized spacial score (nSPS) is 16.0. The Hall–Kier alpha value is -2.80. The van der Waals surface area contributed by atoms with Gasteiger partial charge in [-0.2, -0.15) is 8.42 Å². The summed E-state index contributed by atoms with van der Waals surface area (Å²) in [6.07, 6.45) is 9.12. The summed E-state index contributed by atoms with van der Waals surface area (Å²) in [6, 6.07) is 14.4. The van der Waals surface area contributed by atoms with Gasteiger partial charge in [0.1, 0.15) is 6.61 Å². The zero-order valence-electron chi connectivity index (χ0n) is 16.0. The summed E-state index contributed by atoms with van der Waals surface area (Å²) in [6.45, 7) is 1.11. The van der Waals surface area contributed by atoms with Crippen LogP contribution in [0.25, 0.3) is 0 Å². The summed E-state index contributed by atoms with van der Waals surface area (Å²) in [4.78, 5) is 13.1. The molecular formula is C23H22O5S. The van der Waals surface area contributed by atoms with E-state index in [1.807, 2.05) is 13.0 Å². The molecule has 6 heteroatoms. The fourth-order valence-electron chi connectivity index (χ4n) is 2.93. The highest BCUT2D eigenvalue weighted by Crippen LogP contribution is 2.28. The molecule has 1 atom stereocenters. The lowest BCUT2D eigenvalue weighted by atomic mass is 9.85. The topological polar surface area (TPSA) is 80.7 Å². The van der Waals surface area contributed by atoms with Crippen molar-refractivity contribution in [2.24, 2.45) is 0 Å². The van der Waals surface area contributed by atoms with Gasteiger partial charge in [0.05, 0.1) is 4.90 Å². The van der Waals surface area contributed by atoms with Crippen LogP contribution >= 0.6 is 0 Å². The largest absolute Gasteiger partial charge is 0.375 e. The Bertz CT molecular complexity index is 1060. The van der Waals surface area contributed by atoms with E-state index in [1.54, 1.807) is 66.8 Å². The Kier molecular flexibility index (Phi) is 6.27. The molecule has 0 bridgehead atoms. The molecule has 0 amide bonds. The second kappa shape index (κ2) is 8.69. The van der Waals surface area contributed by atoms with Gasteiger partial charge in [0.2, 0.25) is 5.78 Å². The highest BCUT2D eigenvalue weighted by Gasteiger charge is 2.41. The van der Waals surface area contributed by atoms with E-state index in [9.17, 15) is 18.3 Å². The molecule has 2 aromatic rings.